The molecule has 4 heteroatoms. The first-order chi connectivity index (χ1) is 8.09. The average molecular weight is 230 g/mol. The number of hydrogen-bond donors (Lipinski definition) is 1. The summed E-state index contributed by atoms with van der Waals surface area (Å²) in [6.07, 6.45) is 0.0661. The zero-order valence-electron chi connectivity index (χ0n) is 9.45. The number of nitrogens with one attached hydrogen (secondary N) is 1. The minimum atomic E-state index is -1.14. The topological polar surface area (TPSA) is 73.0 Å². The molecule has 2 rings (SSSR count). The number of para-hydroxylation sites is 1. The van der Waals surface area contributed by atoms with Crippen molar-refractivity contribution in [2.75, 3.05) is 0 Å². The van der Waals surface area contributed by atoms with Gasteiger partial charge in [0, 0.05) is 22.4 Å². The first kappa shape index (κ1) is 11.4. The molecule has 0 aliphatic heterocycles. The molecule has 1 N–H and O–H groups in total. The van der Waals surface area contributed by atoms with E-state index in [0.717, 1.165) is 16.5 Å². The van der Waals surface area contributed by atoms with E-state index in [1.54, 1.807) is 0 Å². The molecule has 4 nitrogen and oxygen atoms in total. The van der Waals surface area contributed by atoms with E-state index in [0.29, 0.717) is 5.56 Å². The lowest BCUT2D eigenvalue weighted by Gasteiger charge is -2.08. The standard InChI is InChI=1S/C13H13NO3/c1-8-9-4-2-3-5-11(9)14-13(17)10(8)6-7-12(15)16/h2-5H,6-7H2,1H3,(H,14,17)(H,15,16)/p-1. The summed E-state index contributed by atoms with van der Waals surface area (Å²) in [5, 5.41) is 11.4. The van der Waals surface area contributed by atoms with Crippen LogP contribution in [0.15, 0.2) is 29.1 Å². The van der Waals surface area contributed by atoms with Gasteiger partial charge in [-0.15, -0.1) is 0 Å². The summed E-state index contributed by atoms with van der Waals surface area (Å²) in [4.78, 5) is 25.0. The van der Waals surface area contributed by atoms with E-state index in [4.69, 9.17) is 0 Å². The van der Waals surface area contributed by atoms with E-state index >= 15 is 0 Å². The third-order valence-corrected chi connectivity index (χ3v) is 2.89. The van der Waals surface area contributed by atoms with Crippen molar-refractivity contribution in [1.29, 1.82) is 0 Å². The summed E-state index contributed by atoms with van der Waals surface area (Å²) in [6.45, 7) is 1.84. The monoisotopic (exact) mass is 230 g/mol. The van der Waals surface area contributed by atoms with Gasteiger partial charge in [-0.25, -0.2) is 0 Å². The van der Waals surface area contributed by atoms with E-state index in [1.165, 1.54) is 0 Å². The van der Waals surface area contributed by atoms with Gasteiger partial charge in [-0.2, -0.15) is 0 Å². The number of pyridine rings is 1. The van der Waals surface area contributed by atoms with Gasteiger partial charge in [-0.05, 0) is 31.4 Å². The fourth-order valence-electron chi connectivity index (χ4n) is 1.98. The first-order valence-corrected chi connectivity index (χ1v) is 5.40. The van der Waals surface area contributed by atoms with E-state index < -0.39 is 5.97 Å². The predicted molar refractivity (Wildman–Crippen MR) is 62.6 cm³/mol. The number of aliphatic carboxylic acids is 1. The smallest absolute Gasteiger partial charge is 0.251 e. The number of benzene rings is 1. The van der Waals surface area contributed by atoms with Gasteiger partial charge in [-0.1, -0.05) is 18.2 Å². The second-order valence-electron chi connectivity index (χ2n) is 3.98. The Bertz CT molecular complexity index is 628. The highest BCUT2D eigenvalue weighted by Gasteiger charge is 2.08. The summed E-state index contributed by atoms with van der Waals surface area (Å²) in [6, 6.07) is 7.46. The molecule has 0 atom stereocenters. The number of hydrogen-bond acceptors (Lipinski definition) is 3. The number of carbonyl (C=O) groups is 1. The summed E-state index contributed by atoms with van der Waals surface area (Å²) in [5.41, 5.74) is 1.91. The molecule has 1 heterocycles. The molecule has 0 saturated carbocycles. The number of carboxylic acid groups (broad SMARTS) is 1. The molecule has 0 fully saturated rings. The Morgan fingerprint density at radius 3 is 2.76 bits per heavy atom. The van der Waals surface area contributed by atoms with Crippen LogP contribution in [0.5, 0.6) is 0 Å². The number of fused-ring (bicyclic) bond motifs is 1. The fraction of sp³-hybridized carbons (Fsp3) is 0.231. The lowest BCUT2D eigenvalue weighted by Crippen LogP contribution is -2.24. The second-order valence-corrected chi connectivity index (χ2v) is 3.98. The number of carbonyl (C=O) groups excluding carboxylic acids is 1. The molecular weight excluding hydrogens is 218 g/mol. The molecule has 0 amide bonds. The van der Waals surface area contributed by atoms with Crippen molar-refractivity contribution < 1.29 is 9.90 Å². The van der Waals surface area contributed by atoms with Crippen molar-refractivity contribution in [3.05, 3.63) is 45.7 Å². The third-order valence-electron chi connectivity index (χ3n) is 2.89. The largest absolute Gasteiger partial charge is 0.550 e. The van der Waals surface area contributed by atoms with Gasteiger partial charge >= 0.3 is 0 Å². The van der Waals surface area contributed by atoms with Gasteiger partial charge in [0.1, 0.15) is 0 Å². The first-order valence-electron chi connectivity index (χ1n) is 5.40. The number of rotatable bonds is 3. The van der Waals surface area contributed by atoms with Gasteiger partial charge in [-0.3, -0.25) is 4.79 Å². The molecule has 0 spiro atoms. The van der Waals surface area contributed by atoms with Crippen LogP contribution in [0.4, 0.5) is 0 Å². The van der Waals surface area contributed by atoms with Crippen molar-refractivity contribution in [1.82, 2.24) is 4.98 Å². The van der Waals surface area contributed by atoms with Crippen LogP contribution in [-0.4, -0.2) is 11.0 Å². The Kier molecular flexibility index (Phi) is 2.95. The van der Waals surface area contributed by atoms with Crippen LogP contribution in [-0.2, 0) is 11.2 Å². The zero-order chi connectivity index (χ0) is 12.4. The minimum Gasteiger partial charge on any atom is -0.550 e. The third kappa shape index (κ3) is 2.20. The van der Waals surface area contributed by atoms with Crippen LogP contribution in [0.25, 0.3) is 10.9 Å². The SMILES string of the molecule is Cc1c(CCC(=O)[O-])c(=O)[nH]c2ccccc12. The molecule has 2 aromatic rings. The second kappa shape index (κ2) is 4.41. The van der Waals surface area contributed by atoms with Crippen LogP contribution in [0.3, 0.4) is 0 Å². The van der Waals surface area contributed by atoms with Crippen LogP contribution in [0, 0.1) is 6.92 Å². The normalized spacial score (nSPS) is 10.6. The maximum Gasteiger partial charge on any atom is 0.251 e. The average Bonchev–Trinajstić information content (AvgIpc) is 2.28. The molecular formula is C13H12NO3-. The molecule has 0 saturated heterocycles. The number of aromatic nitrogens is 1. The molecule has 1 aromatic carbocycles. The minimum absolute atomic E-state index is 0.137. The van der Waals surface area contributed by atoms with Crippen molar-refractivity contribution in [3.8, 4) is 0 Å². The molecule has 0 radical (unpaired) electrons. The molecule has 0 aliphatic rings. The van der Waals surface area contributed by atoms with Crippen LogP contribution < -0.4 is 10.7 Å². The molecule has 17 heavy (non-hydrogen) atoms. The van der Waals surface area contributed by atoms with Gasteiger partial charge in [0.05, 0.1) is 0 Å². The number of aromatic amines is 1. The lowest BCUT2D eigenvalue weighted by atomic mass is 10.0. The van der Waals surface area contributed by atoms with E-state index in [9.17, 15) is 14.7 Å². The Morgan fingerprint density at radius 2 is 2.06 bits per heavy atom. The Balaban J connectivity index is 2.56. The van der Waals surface area contributed by atoms with Gasteiger partial charge in [0.15, 0.2) is 0 Å². The maximum atomic E-state index is 11.8. The summed E-state index contributed by atoms with van der Waals surface area (Å²) < 4.78 is 0. The highest BCUT2D eigenvalue weighted by atomic mass is 16.4. The van der Waals surface area contributed by atoms with Gasteiger partial charge in [0.25, 0.3) is 5.56 Å². The van der Waals surface area contributed by atoms with Crippen LogP contribution >= 0.6 is 0 Å². The number of aryl methyl sites for hydroxylation is 1. The van der Waals surface area contributed by atoms with E-state index in [-0.39, 0.29) is 18.4 Å². The molecule has 0 unspecified atom stereocenters. The van der Waals surface area contributed by atoms with Crippen LogP contribution in [0.2, 0.25) is 0 Å². The number of H-pyrrole nitrogens is 1. The Hall–Kier alpha value is -2.10. The lowest BCUT2D eigenvalue weighted by molar-refractivity contribution is -0.305. The van der Waals surface area contributed by atoms with Gasteiger partial charge < -0.3 is 14.9 Å². The summed E-state index contributed by atoms with van der Waals surface area (Å²) >= 11 is 0. The number of carboxylic acids is 1. The van der Waals surface area contributed by atoms with Crippen molar-refractivity contribution in [2.45, 2.75) is 19.8 Å². The van der Waals surface area contributed by atoms with E-state index in [1.807, 2.05) is 31.2 Å². The summed E-state index contributed by atoms with van der Waals surface area (Å²) in [5.74, 6) is -1.14. The van der Waals surface area contributed by atoms with E-state index in [2.05, 4.69) is 4.98 Å². The van der Waals surface area contributed by atoms with Crippen molar-refractivity contribution >= 4 is 16.9 Å². The van der Waals surface area contributed by atoms with Crippen LogP contribution in [0.1, 0.15) is 17.5 Å². The molecule has 0 aliphatic carbocycles. The molecule has 1 aromatic heterocycles. The Morgan fingerprint density at radius 1 is 1.35 bits per heavy atom. The fourth-order valence-corrected chi connectivity index (χ4v) is 1.98. The predicted octanol–water partition coefficient (Wildman–Crippen LogP) is 0.519. The highest BCUT2D eigenvalue weighted by molar-refractivity contribution is 5.82. The summed E-state index contributed by atoms with van der Waals surface area (Å²) in [7, 11) is 0. The molecule has 0 bridgehead atoms. The highest BCUT2D eigenvalue weighted by Crippen LogP contribution is 2.17. The van der Waals surface area contributed by atoms with Crippen molar-refractivity contribution in [2.24, 2.45) is 0 Å². The molecule has 88 valence electrons. The van der Waals surface area contributed by atoms with Crippen molar-refractivity contribution in [3.63, 3.8) is 0 Å². The van der Waals surface area contributed by atoms with Gasteiger partial charge in [0.2, 0.25) is 0 Å². The quantitative estimate of drug-likeness (QED) is 0.835. The maximum absolute atomic E-state index is 11.8. The zero-order valence-corrected chi connectivity index (χ0v) is 9.45. The Labute approximate surface area is 97.9 Å².